The molecule has 0 aliphatic heterocycles. The smallest absolute Gasteiger partial charge is 0.183 e. The molecule has 0 unspecified atom stereocenters. The number of aromatic nitrogens is 1. The van der Waals surface area contributed by atoms with Gasteiger partial charge in [0.1, 0.15) is 17.0 Å². The SMILES string of the molecule is COc1cccc2c(Cl)cc(C(=O)C(C)C)nc12. The van der Waals surface area contributed by atoms with Crippen LogP contribution < -0.4 is 4.74 Å². The molecule has 0 amide bonds. The molecule has 4 heteroatoms. The molecule has 0 spiro atoms. The molecule has 0 atom stereocenters. The summed E-state index contributed by atoms with van der Waals surface area (Å²) < 4.78 is 5.25. The molecule has 1 aromatic carbocycles. The van der Waals surface area contributed by atoms with Crippen LogP contribution in [0.15, 0.2) is 24.3 Å². The van der Waals surface area contributed by atoms with Crippen molar-refractivity contribution in [1.29, 1.82) is 0 Å². The lowest BCUT2D eigenvalue weighted by Gasteiger charge is -2.09. The third kappa shape index (κ3) is 2.18. The number of Topliss-reactive ketones (excluding diaryl/α,β-unsaturated/α-hetero) is 1. The van der Waals surface area contributed by atoms with E-state index in [1.165, 1.54) is 0 Å². The molecule has 0 N–H and O–H groups in total. The molecular weight excluding hydrogens is 250 g/mol. The molecule has 1 heterocycles. The van der Waals surface area contributed by atoms with Gasteiger partial charge in [0.2, 0.25) is 0 Å². The molecule has 2 rings (SSSR count). The van der Waals surface area contributed by atoms with Crippen LogP contribution in [0.3, 0.4) is 0 Å². The van der Waals surface area contributed by atoms with Crippen LogP contribution in [0, 0.1) is 5.92 Å². The van der Waals surface area contributed by atoms with Crippen LogP contribution in [0.4, 0.5) is 0 Å². The third-order valence-electron chi connectivity index (χ3n) is 2.75. The minimum atomic E-state index is -0.110. The zero-order valence-electron chi connectivity index (χ0n) is 10.5. The number of ether oxygens (including phenoxy) is 1. The predicted molar refractivity (Wildman–Crippen MR) is 72.5 cm³/mol. The number of hydrogen-bond acceptors (Lipinski definition) is 3. The second kappa shape index (κ2) is 4.94. The Bertz CT molecular complexity index is 608. The first-order chi connectivity index (χ1) is 8.54. The van der Waals surface area contributed by atoms with Gasteiger partial charge in [0.25, 0.3) is 0 Å². The summed E-state index contributed by atoms with van der Waals surface area (Å²) in [7, 11) is 1.57. The van der Waals surface area contributed by atoms with Gasteiger partial charge in [-0.1, -0.05) is 37.6 Å². The Morgan fingerprint density at radius 2 is 2.11 bits per heavy atom. The predicted octanol–water partition coefficient (Wildman–Crippen LogP) is 3.74. The Morgan fingerprint density at radius 3 is 2.72 bits per heavy atom. The molecule has 0 saturated carbocycles. The summed E-state index contributed by atoms with van der Waals surface area (Å²) in [4.78, 5) is 16.3. The normalized spacial score (nSPS) is 10.9. The molecule has 0 aliphatic carbocycles. The number of methoxy groups -OCH3 is 1. The highest BCUT2D eigenvalue weighted by atomic mass is 35.5. The van der Waals surface area contributed by atoms with Crippen molar-refractivity contribution in [2.45, 2.75) is 13.8 Å². The van der Waals surface area contributed by atoms with Crippen molar-refractivity contribution in [3.63, 3.8) is 0 Å². The van der Waals surface area contributed by atoms with E-state index in [0.717, 1.165) is 5.39 Å². The van der Waals surface area contributed by atoms with E-state index in [0.29, 0.717) is 22.0 Å². The fourth-order valence-corrected chi connectivity index (χ4v) is 2.02. The highest BCUT2D eigenvalue weighted by molar-refractivity contribution is 6.35. The van der Waals surface area contributed by atoms with Crippen LogP contribution in [0.2, 0.25) is 5.02 Å². The minimum absolute atomic E-state index is 0.0234. The summed E-state index contributed by atoms with van der Waals surface area (Å²) in [6, 6.07) is 7.12. The number of carbonyl (C=O) groups excluding carboxylic acids is 1. The second-order valence-electron chi connectivity index (χ2n) is 4.36. The lowest BCUT2D eigenvalue weighted by molar-refractivity contribution is 0.0934. The molecule has 0 aliphatic rings. The van der Waals surface area contributed by atoms with Crippen molar-refractivity contribution in [1.82, 2.24) is 4.98 Å². The Kier molecular flexibility index (Phi) is 3.53. The van der Waals surface area contributed by atoms with Crippen molar-refractivity contribution >= 4 is 28.3 Å². The Labute approximate surface area is 111 Å². The number of carbonyl (C=O) groups is 1. The Morgan fingerprint density at radius 1 is 1.39 bits per heavy atom. The Hall–Kier alpha value is -1.61. The summed E-state index contributed by atoms with van der Waals surface area (Å²) in [6.07, 6.45) is 0. The van der Waals surface area contributed by atoms with Crippen LogP contribution in [0.25, 0.3) is 10.9 Å². The summed E-state index contributed by atoms with van der Waals surface area (Å²) in [5, 5.41) is 1.30. The topological polar surface area (TPSA) is 39.2 Å². The van der Waals surface area contributed by atoms with Crippen LogP contribution in [-0.2, 0) is 0 Å². The molecule has 1 aromatic heterocycles. The van der Waals surface area contributed by atoms with Crippen molar-refractivity contribution < 1.29 is 9.53 Å². The third-order valence-corrected chi connectivity index (χ3v) is 3.06. The van der Waals surface area contributed by atoms with E-state index in [9.17, 15) is 4.79 Å². The molecule has 0 fully saturated rings. The van der Waals surface area contributed by atoms with Crippen molar-refractivity contribution in [2.24, 2.45) is 5.92 Å². The van der Waals surface area contributed by atoms with Gasteiger partial charge in [-0.2, -0.15) is 0 Å². The number of rotatable bonds is 3. The van der Waals surface area contributed by atoms with Crippen molar-refractivity contribution in [2.75, 3.05) is 7.11 Å². The largest absolute Gasteiger partial charge is 0.494 e. The summed E-state index contributed by atoms with van der Waals surface area (Å²) >= 11 is 6.19. The highest BCUT2D eigenvalue weighted by Gasteiger charge is 2.16. The first-order valence-electron chi connectivity index (χ1n) is 5.72. The van der Waals surface area contributed by atoms with E-state index >= 15 is 0 Å². The van der Waals surface area contributed by atoms with Gasteiger partial charge in [-0.25, -0.2) is 4.98 Å². The number of halogens is 1. The number of ketones is 1. The summed E-state index contributed by atoms with van der Waals surface area (Å²) in [6.45, 7) is 3.68. The van der Waals surface area contributed by atoms with Crippen molar-refractivity contribution in [3.05, 3.63) is 35.0 Å². The van der Waals surface area contributed by atoms with Gasteiger partial charge in [-0.3, -0.25) is 4.79 Å². The fraction of sp³-hybridized carbons (Fsp3) is 0.286. The number of fused-ring (bicyclic) bond motifs is 1. The van der Waals surface area contributed by atoms with Gasteiger partial charge in [-0.15, -0.1) is 0 Å². The number of pyridine rings is 1. The quantitative estimate of drug-likeness (QED) is 0.792. The molecular formula is C14H14ClNO2. The van der Waals surface area contributed by atoms with Gasteiger partial charge in [0.15, 0.2) is 5.78 Å². The van der Waals surface area contributed by atoms with E-state index in [4.69, 9.17) is 16.3 Å². The van der Waals surface area contributed by atoms with Crippen LogP contribution in [0.1, 0.15) is 24.3 Å². The molecule has 0 radical (unpaired) electrons. The zero-order valence-corrected chi connectivity index (χ0v) is 11.3. The maximum Gasteiger partial charge on any atom is 0.183 e. The van der Waals surface area contributed by atoms with E-state index in [-0.39, 0.29) is 11.7 Å². The number of nitrogens with zero attached hydrogens (tertiary/aromatic N) is 1. The van der Waals surface area contributed by atoms with Crippen LogP contribution >= 0.6 is 11.6 Å². The lowest BCUT2D eigenvalue weighted by atomic mass is 10.0. The van der Waals surface area contributed by atoms with Crippen molar-refractivity contribution in [3.8, 4) is 5.75 Å². The van der Waals surface area contributed by atoms with Gasteiger partial charge < -0.3 is 4.74 Å². The van der Waals surface area contributed by atoms with Gasteiger partial charge in [-0.05, 0) is 12.1 Å². The molecule has 2 aromatic rings. The first-order valence-corrected chi connectivity index (χ1v) is 6.10. The van der Waals surface area contributed by atoms with E-state index in [1.54, 1.807) is 19.2 Å². The minimum Gasteiger partial charge on any atom is -0.494 e. The molecule has 0 saturated heterocycles. The van der Waals surface area contributed by atoms with Crippen LogP contribution in [-0.4, -0.2) is 17.9 Å². The van der Waals surface area contributed by atoms with Gasteiger partial charge in [0.05, 0.1) is 12.1 Å². The average Bonchev–Trinajstić information content (AvgIpc) is 2.37. The summed E-state index contributed by atoms with van der Waals surface area (Å²) in [5.41, 5.74) is 1.00. The first kappa shape index (κ1) is 12.8. The monoisotopic (exact) mass is 263 g/mol. The average molecular weight is 264 g/mol. The Balaban J connectivity index is 2.70. The molecule has 18 heavy (non-hydrogen) atoms. The number of benzene rings is 1. The maximum absolute atomic E-state index is 12.0. The lowest BCUT2D eigenvalue weighted by Crippen LogP contribution is -2.10. The fourth-order valence-electron chi connectivity index (χ4n) is 1.77. The standard InChI is InChI=1S/C14H14ClNO2/c1-8(2)14(17)11-7-10(15)9-5-4-6-12(18-3)13(9)16-11/h4-8H,1-3H3. The van der Waals surface area contributed by atoms with Gasteiger partial charge >= 0.3 is 0 Å². The van der Waals surface area contributed by atoms with E-state index < -0.39 is 0 Å². The maximum atomic E-state index is 12.0. The molecule has 0 bridgehead atoms. The highest BCUT2D eigenvalue weighted by Crippen LogP contribution is 2.30. The molecule has 3 nitrogen and oxygen atoms in total. The number of para-hydroxylation sites is 1. The van der Waals surface area contributed by atoms with E-state index in [2.05, 4.69) is 4.98 Å². The molecule has 94 valence electrons. The second-order valence-corrected chi connectivity index (χ2v) is 4.77. The zero-order chi connectivity index (χ0) is 13.3. The summed E-state index contributed by atoms with van der Waals surface area (Å²) in [5.74, 6) is 0.484. The van der Waals surface area contributed by atoms with Gasteiger partial charge in [0, 0.05) is 11.3 Å². The van der Waals surface area contributed by atoms with Crippen LogP contribution in [0.5, 0.6) is 5.75 Å². The van der Waals surface area contributed by atoms with E-state index in [1.807, 2.05) is 26.0 Å². The number of hydrogen-bond donors (Lipinski definition) is 0.